The topological polar surface area (TPSA) is 140 Å². The molecule has 4 aromatic rings. The number of ether oxygens (including phenoxy) is 2. The summed E-state index contributed by atoms with van der Waals surface area (Å²) in [6, 6.07) is 11.1. The van der Waals surface area contributed by atoms with Gasteiger partial charge >= 0.3 is 4.87 Å². The zero-order valence-corrected chi connectivity index (χ0v) is 27.9. The van der Waals surface area contributed by atoms with Crippen LogP contribution in [-0.2, 0) is 11.3 Å². The number of aliphatic hydroxyl groups is 1. The molecule has 2 aliphatic heterocycles. The van der Waals surface area contributed by atoms with Crippen LogP contribution in [-0.4, -0.2) is 94.0 Å². The minimum absolute atomic E-state index is 0.00587. The van der Waals surface area contributed by atoms with E-state index >= 15 is 0 Å². The first kappa shape index (κ1) is 32.2. The van der Waals surface area contributed by atoms with Gasteiger partial charge in [0.25, 0.3) is 5.91 Å². The molecule has 0 radical (unpaired) electrons. The number of carbonyl (C=O) groups is 1. The fourth-order valence-electron chi connectivity index (χ4n) is 6.66. The zero-order chi connectivity index (χ0) is 32.4. The number of phenolic OH excluding ortho intramolecular Hbond substituents is 1. The van der Waals surface area contributed by atoms with Gasteiger partial charge in [-0.2, -0.15) is 0 Å². The number of likely N-dealkylation sites (tertiary alicyclic amines) is 1. The quantitative estimate of drug-likeness (QED) is 0.183. The number of amides is 1. The van der Waals surface area contributed by atoms with Gasteiger partial charge in [0.15, 0.2) is 0 Å². The highest BCUT2D eigenvalue weighted by molar-refractivity contribution is 7.16. The smallest absolute Gasteiger partial charge is 0.305 e. The number of nitrogens with zero attached hydrogens (tertiary/aromatic N) is 3. The lowest BCUT2D eigenvalue weighted by Crippen LogP contribution is -2.58. The molecule has 0 bridgehead atoms. The predicted molar refractivity (Wildman–Crippen MR) is 182 cm³/mol. The number of nitrogens with one attached hydrogen (secondary N) is 2. The van der Waals surface area contributed by atoms with Crippen molar-refractivity contribution in [3.05, 3.63) is 73.3 Å². The maximum Gasteiger partial charge on any atom is 0.305 e. The van der Waals surface area contributed by atoms with Crippen molar-refractivity contribution in [3.8, 4) is 11.5 Å². The molecule has 2 saturated heterocycles. The van der Waals surface area contributed by atoms with Crippen LogP contribution in [0.1, 0.15) is 70.7 Å². The van der Waals surface area contributed by atoms with Crippen molar-refractivity contribution in [3.63, 3.8) is 0 Å². The molecule has 1 aliphatic carbocycles. The number of phenols is 1. The Hall–Kier alpha value is -3.33. The average Bonchev–Trinajstić information content (AvgIpc) is 3.69. The fourth-order valence-corrected chi connectivity index (χ4v) is 8.54. The molecule has 7 rings (SSSR count). The van der Waals surface area contributed by atoms with Gasteiger partial charge in [-0.15, -0.1) is 11.3 Å². The monoisotopic (exact) mass is 679 g/mol. The van der Waals surface area contributed by atoms with Gasteiger partial charge in [-0.25, -0.2) is 4.98 Å². The standard InChI is InChI=1S/C34H41N5O6S2/c40-27-9-8-25(30-29(27)37-33(43)47-30)28(41)19-35-18-22-4-6-24(7-5-22)44-16-14-38-12-10-34(11-13-38)21-39(15-17-45-34)32(42)26-20-46-31(36-26)23-2-1-3-23/h4-9,20,23,28,35,40-41H,1-3,10-19,21H2,(H,37,43). The number of aromatic nitrogens is 2. The second kappa shape index (κ2) is 14.0. The first-order valence-electron chi connectivity index (χ1n) is 16.4. The first-order chi connectivity index (χ1) is 22.9. The van der Waals surface area contributed by atoms with Crippen molar-refractivity contribution in [2.24, 2.45) is 0 Å². The van der Waals surface area contributed by atoms with Crippen LogP contribution in [0.2, 0.25) is 0 Å². The van der Waals surface area contributed by atoms with E-state index in [1.54, 1.807) is 17.4 Å². The van der Waals surface area contributed by atoms with E-state index in [9.17, 15) is 19.8 Å². The Labute approximate surface area is 281 Å². The highest BCUT2D eigenvalue weighted by Gasteiger charge is 2.41. The van der Waals surface area contributed by atoms with Crippen molar-refractivity contribution in [1.29, 1.82) is 0 Å². The van der Waals surface area contributed by atoms with E-state index < -0.39 is 6.10 Å². The SMILES string of the molecule is O=C(c1csc(C2CCC2)n1)N1CCOC2(CCN(CCOc3ccc(CNCC(O)c4ccc(O)c5[nH]c(=O)sc45)cc3)CC2)C1. The van der Waals surface area contributed by atoms with Crippen molar-refractivity contribution in [2.75, 3.05) is 52.5 Å². The number of aliphatic hydroxyl groups excluding tert-OH is 1. The van der Waals surface area contributed by atoms with Crippen LogP contribution < -0.4 is 14.9 Å². The van der Waals surface area contributed by atoms with E-state index in [4.69, 9.17) is 14.5 Å². The van der Waals surface area contributed by atoms with Gasteiger partial charge in [0.2, 0.25) is 0 Å². The van der Waals surface area contributed by atoms with Crippen LogP contribution in [0, 0.1) is 0 Å². The van der Waals surface area contributed by atoms with Gasteiger partial charge < -0.3 is 34.9 Å². The molecule has 4 N–H and O–H groups in total. The number of benzene rings is 2. The van der Waals surface area contributed by atoms with Crippen LogP contribution in [0.5, 0.6) is 11.5 Å². The van der Waals surface area contributed by atoms with Crippen LogP contribution in [0.25, 0.3) is 10.2 Å². The molecule has 11 nitrogen and oxygen atoms in total. The number of morpholine rings is 1. The largest absolute Gasteiger partial charge is 0.506 e. The molecule has 3 aliphatic rings. The molecule has 2 aromatic heterocycles. The van der Waals surface area contributed by atoms with Crippen LogP contribution >= 0.6 is 22.7 Å². The second-order valence-electron chi connectivity index (χ2n) is 12.8. The summed E-state index contributed by atoms with van der Waals surface area (Å²) in [5.74, 6) is 1.39. The Balaban J connectivity index is 0.821. The van der Waals surface area contributed by atoms with Gasteiger partial charge in [0.1, 0.15) is 29.3 Å². The summed E-state index contributed by atoms with van der Waals surface area (Å²) in [5.41, 5.74) is 2.34. The lowest BCUT2D eigenvalue weighted by atomic mass is 9.86. The summed E-state index contributed by atoms with van der Waals surface area (Å²) in [4.78, 5) is 36.4. The first-order valence-corrected chi connectivity index (χ1v) is 18.1. The summed E-state index contributed by atoms with van der Waals surface area (Å²) in [5, 5.41) is 27.0. The van der Waals surface area contributed by atoms with Crippen LogP contribution in [0.4, 0.5) is 0 Å². The number of aromatic amines is 1. The molecular formula is C34H41N5O6S2. The minimum Gasteiger partial charge on any atom is -0.506 e. The Bertz CT molecular complexity index is 1740. The Morgan fingerprint density at radius 2 is 1.98 bits per heavy atom. The molecule has 3 fully saturated rings. The molecule has 1 spiro atoms. The second-order valence-corrected chi connectivity index (χ2v) is 14.7. The third-order valence-corrected chi connectivity index (χ3v) is 11.7. The molecule has 1 unspecified atom stereocenters. The van der Waals surface area contributed by atoms with E-state index in [0.29, 0.717) is 66.8 Å². The van der Waals surface area contributed by atoms with E-state index in [0.717, 1.165) is 60.1 Å². The number of H-pyrrole nitrogens is 1. The highest BCUT2D eigenvalue weighted by atomic mass is 32.1. The molecule has 1 atom stereocenters. The van der Waals surface area contributed by atoms with Crippen molar-refractivity contribution < 1.29 is 24.5 Å². The number of aromatic hydroxyl groups is 1. The third kappa shape index (κ3) is 7.25. The van der Waals surface area contributed by atoms with Crippen molar-refractivity contribution >= 4 is 38.8 Å². The van der Waals surface area contributed by atoms with Gasteiger partial charge in [-0.3, -0.25) is 14.5 Å². The fraction of sp³-hybridized carbons (Fsp3) is 0.500. The molecule has 13 heteroatoms. The molecule has 4 heterocycles. The van der Waals surface area contributed by atoms with Crippen LogP contribution in [0.3, 0.4) is 0 Å². The number of piperidine rings is 1. The minimum atomic E-state index is -0.823. The summed E-state index contributed by atoms with van der Waals surface area (Å²) < 4.78 is 12.9. The molecule has 1 saturated carbocycles. The lowest BCUT2D eigenvalue weighted by Gasteiger charge is -2.47. The summed E-state index contributed by atoms with van der Waals surface area (Å²) in [6.07, 6.45) is 4.60. The maximum absolute atomic E-state index is 13.3. The maximum atomic E-state index is 13.3. The molecule has 1 amide bonds. The molecule has 2 aromatic carbocycles. The van der Waals surface area contributed by atoms with E-state index in [1.807, 2.05) is 34.5 Å². The van der Waals surface area contributed by atoms with Gasteiger partial charge in [-0.1, -0.05) is 36.0 Å². The highest BCUT2D eigenvalue weighted by Crippen LogP contribution is 2.38. The predicted octanol–water partition coefficient (Wildman–Crippen LogP) is 4.23. The number of hydrogen-bond donors (Lipinski definition) is 4. The van der Waals surface area contributed by atoms with Crippen molar-refractivity contribution in [2.45, 2.75) is 56.3 Å². The normalized spacial score (nSPS) is 19.2. The number of carbonyl (C=O) groups excluding carboxylic acids is 1. The third-order valence-electron chi connectivity index (χ3n) is 9.71. The number of fused-ring (bicyclic) bond motifs is 1. The van der Waals surface area contributed by atoms with Crippen molar-refractivity contribution in [1.82, 2.24) is 25.1 Å². The van der Waals surface area contributed by atoms with Gasteiger partial charge in [0.05, 0.1) is 34.6 Å². The molecule has 250 valence electrons. The van der Waals surface area contributed by atoms with Gasteiger partial charge in [0, 0.05) is 56.1 Å². The molecular weight excluding hydrogens is 639 g/mol. The number of rotatable bonds is 11. The van der Waals surface area contributed by atoms with E-state index in [2.05, 4.69) is 15.2 Å². The van der Waals surface area contributed by atoms with Gasteiger partial charge in [-0.05, 0) is 49.4 Å². The summed E-state index contributed by atoms with van der Waals surface area (Å²) in [6.45, 7) is 5.90. The summed E-state index contributed by atoms with van der Waals surface area (Å²) in [7, 11) is 0. The Morgan fingerprint density at radius 3 is 2.74 bits per heavy atom. The number of hydrogen-bond acceptors (Lipinski definition) is 11. The van der Waals surface area contributed by atoms with E-state index in [1.165, 1.54) is 25.3 Å². The van der Waals surface area contributed by atoms with E-state index in [-0.39, 0.29) is 22.1 Å². The summed E-state index contributed by atoms with van der Waals surface area (Å²) >= 11 is 2.61. The Kier molecular flexibility index (Phi) is 9.62. The average molecular weight is 680 g/mol. The van der Waals surface area contributed by atoms with Crippen LogP contribution in [0.15, 0.2) is 46.6 Å². The Morgan fingerprint density at radius 1 is 1.17 bits per heavy atom. The molecule has 47 heavy (non-hydrogen) atoms. The number of thiazole rings is 2. The zero-order valence-electron chi connectivity index (χ0n) is 26.3. The lowest BCUT2D eigenvalue weighted by molar-refractivity contribution is -0.127.